The first-order valence-corrected chi connectivity index (χ1v) is 18.5. The van der Waals surface area contributed by atoms with Crippen molar-refractivity contribution in [2.24, 2.45) is 5.73 Å². The van der Waals surface area contributed by atoms with E-state index in [1.807, 2.05) is 36.4 Å². The molecule has 0 unspecified atom stereocenters. The Hall–Kier alpha value is -2.47. The van der Waals surface area contributed by atoms with E-state index in [1.54, 1.807) is 38.1 Å². The number of unbranched alkanes of at least 4 members (excludes halogenated alkanes) is 13. The summed E-state index contributed by atoms with van der Waals surface area (Å²) in [4.78, 5) is 25.2. The molecule has 0 aromatic heterocycles. The van der Waals surface area contributed by atoms with Gasteiger partial charge in [-0.2, -0.15) is 0 Å². The van der Waals surface area contributed by atoms with E-state index in [0.717, 1.165) is 12.8 Å². The molecule has 4 N–H and O–H groups in total. The van der Waals surface area contributed by atoms with Gasteiger partial charge in [0, 0.05) is 17.2 Å². The molecule has 0 saturated heterocycles. The van der Waals surface area contributed by atoms with Crippen molar-refractivity contribution in [1.82, 2.24) is 10.6 Å². The summed E-state index contributed by atoms with van der Waals surface area (Å²) < 4.78 is 20.2. The second-order valence-corrected chi connectivity index (χ2v) is 15.0. The Kier molecular flexibility index (Phi) is 18.3. The fourth-order valence-corrected chi connectivity index (χ4v) is 7.40. The molecular formula is C36H58N3O4P. The molecule has 2 amide bonds. The minimum atomic E-state index is -3.39. The van der Waals surface area contributed by atoms with Crippen LogP contribution >= 0.6 is 7.37 Å². The summed E-state index contributed by atoms with van der Waals surface area (Å²) in [6, 6.07) is 17.2. The number of hydrogen-bond acceptors (Lipinski definition) is 5. The number of carbonyl (C=O) groups excluding carboxylic acids is 2. The zero-order chi connectivity index (χ0) is 32.1. The first-order chi connectivity index (χ1) is 21.2. The maximum atomic E-state index is 14.1. The van der Waals surface area contributed by atoms with Crippen LogP contribution in [0.25, 0.3) is 0 Å². The smallest absolute Gasteiger partial charge is 0.261 e. The SMILES string of the molecule is CCCCCCCCCCCCCCCCNC(=O)C[C@H](N)C(=O)NC(C)(C)COP(=O)(c1ccccc1)c1ccccc1. The van der Waals surface area contributed by atoms with Crippen molar-refractivity contribution in [2.45, 2.75) is 129 Å². The number of nitrogens with two attached hydrogens (primary N) is 1. The van der Waals surface area contributed by atoms with Gasteiger partial charge in [0.1, 0.15) is 0 Å². The van der Waals surface area contributed by atoms with E-state index >= 15 is 0 Å². The monoisotopic (exact) mass is 627 g/mol. The lowest BCUT2D eigenvalue weighted by atomic mass is 10.0. The van der Waals surface area contributed by atoms with Crippen LogP contribution in [0.4, 0.5) is 0 Å². The van der Waals surface area contributed by atoms with Gasteiger partial charge in [0.15, 0.2) is 0 Å². The summed E-state index contributed by atoms with van der Waals surface area (Å²) in [5, 5.41) is 6.93. The van der Waals surface area contributed by atoms with Crippen LogP contribution in [-0.2, 0) is 18.7 Å². The quantitative estimate of drug-likeness (QED) is 0.0846. The molecule has 8 heteroatoms. The Balaban J connectivity index is 1.62. The molecule has 0 heterocycles. The van der Waals surface area contributed by atoms with Gasteiger partial charge in [-0.15, -0.1) is 0 Å². The number of carbonyl (C=O) groups is 2. The summed E-state index contributed by atoms with van der Waals surface area (Å²) in [5.41, 5.74) is 5.21. The van der Waals surface area contributed by atoms with Gasteiger partial charge in [-0.25, -0.2) is 0 Å². The molecule has 2 rings (SSSR count). The molecule has 0 fully saturated rings. The highest BCUT2D eigenvalue weighted by molar-refractivity contribution is 7.74. The molecule has 44 heavy (non-hydrogen) atoms. The molecule has 0 saturated carbocycles. The fourth-order valence-electron chi connectivity index (χ4n) is 5.17. The normalized spacial score (nSPS) is 12.5. The maximum Gasteiger partial charge on any atom is 0.261 e. The summed E-state index contributed by atoms with van der Waals surface area (Å²) in [6.07, 6.45) is 18.0. The van der Waals surface area contributed by atoms with Gasteiger partial charge in [0.05, 0.1) is 24.6 Å². The van der Waals surface area contributed by atoms with Crippen molar-refractivity contribution in [3.63, 3.8) is 0 Å². The van der Waals surface area contributed by atoms with E-state index < -0.39 is 24.9 Å². The van der Waals surface area contributed by atoms with Crippen molar-refractivity contribution in [3.05, 3.63) is 60.7 Å². The molecule has 0 radical (unpaired) electrons. The molecule has 0 spiro atoms. The summed E-state index contributed by atoms with van der Waals surface area (Å²) in [5.74, 6) is -0.673. The fraction of sp³-hybridized carbons (Fsp3) is 0.611. The highest BCUT2D eigenvalue weighted by atomic mass is 31.2. The van der Waals surface area contributed by atoms with Crippen LogP contribution < -0.4 is 27.0 Å². The first kappa shape index (κ1) is 37.7. The lowest BCUT2D eigenvalue weighted by Crippen LogP contribution is -2.53. The molecular weight excluding hydrogens is 569 g/mol. The maximum absolute atomic E-state index is 14.1. The summed E-state index contributed by atoms with van der Waals surface area (Å²) >= 11 is 0. The molecule has 1 atom stereocenters. The van der Waals surface area contributed by atoms with E-state index in [9.17, 15) is 14.2 Å². The van der Waals surface area contributed by atoms with Crippen LogP contribution in [0.3, 0.4) is 0 Å². The van der Waals surface area contributed by atoms with Crippen molar-refractivity contribution < 1.29 is 18.7 Å². The molecule has 246 valence electrons. The van der Waals surface area contributed by atoms with Gasteiger partial charge in [0.2, 0.25) is 11.8 Å². The second-order valence-electron chi connectivity index (χ2n) is 12.6. The number of nitrogens with one attached hydrogen (secondary N) is 2. The van der Waals surface area contributed by atoms with Crippen LogP contribution in [0.2, 0.25) is 0 Å². The minimum Gasteiger partial charge on any atom is -0.356 e. The number of hydrogen-bond donors (Lipinski definition) is 3. The van der Waals surface area contributed by atoms with Crippen LogP contribution in [-0.4, -0.2) is 36.5 Å². The molecule has 2 aromatic carbocycles. The Morgan fingerprint density at radius 2 is 1.18 bits per heavy atom. The molecule has 7 nitrogen and oxygen atoms in total. The topological polar surface area (TPSA) is 111 Å². The van der Waals surface area contributed by atoms with Gasteiger partial charge in [-0.3, -0.25) is 14.2 Å². The number of amides is 2. The van der Waals surface area contributed by atoms with E-state index in [-0.39, 0.29) is 18.9 Å². The first-order valence-electron chi connectivity index (χ1n) is 16.9. The highest BCUT2D eigenvalue weighted by Gasteiger charge is 2.33. The predicted octanol–water partition coefficient (Wildman–Crippen LogP) is 7.14. The summed E-state index contributed by atoms with van der Waals surface area (Å²) in [6.45, 7) is 6.43. The Labute approximate surface area is 266 Å². The lowest BCUT2D eigenvalue weighted by molar-refractivity contribution is -0.128. The Morgan fingerprint density at radius 3 is 1.64 bits per heavy atom. The van der Waals surface area contributed by atoms with Gasteiger partial charge >= 0.3 is 0 Å². The van der Waals surface area contributed by atoms with Crippen LogP contribution in [0.1, 0.15) is 117 Å². The Morgan fingerprint density at radius 1 is 0.750 bits per heavy atom. The average molecular weight is 628 g/mol. The predicted molar refractivity (Wildman–Crippen MR) is 184 cm³/mol. The third kappa shape index (κ3) is 15.0. The molecule has 2 aromatic rings. The van der Waals surface area contributed by atoms with E-state index in [1.165, 1.54) is 77.0 Å². The molecule has 0 aliphatic rings. The standard InChI is InChI=1S/C36H58N3O4P/c1-4-5-6-7-8-9-10-11-12-13-14-15-16-23-28-38-34(40)29-33(37)35(41)39-36(2,3)30-43-44(42,31-24-19-17-20-25-31)32-26-21-18-22-27-32/h17-22,24-27,33H,4-16,23,28-30,37H2,1-3H3,(H,38,40)(H,39,41)/t33-/m0/s1. The average Bonchev–Trinajstić information content (AvgIpc) is 3.02. The van der Waals surface area contributed by atoms with Crippen LogP contribution in [0.15, 0.2) is 60.7 Å². The van der Waals surface area contributed by atoms with Crippen molar-refractivity contribution in [2.75, 3.05) is 13.2 Å². The van der Waals surface area contributed by atoms with Crippen LogP contribution in [0.5, 0.6) is 0 Å². The molecule has 0 bridgehead atoms. The molecule has 0 aliphatic carbocycles. The van der Waals surface area contributed by atoms with Gasteiger partial charge in [-0.1, -0.05) is 127 Å². The van der Waals surface area contributed by atoms with Gasteiger partial charge in [0.25, 0.3) is 7.37 Å². The third-order valence-electron chi connectivity index (χ3n) is 7.86. The van der Waals surface area contributed by atoms with Crippen molar-refractivity contribution in [3.8, 4) is 0 Å². The Bertz CT molecular complexity index is 1070. The number of benzene rings is 2. The molecule has 0 aliphatic heterocycles. The largest absolute Gasteiger partial charge is 0.356 e. The second kappa shape index (κ2) is 21.3. The van der Waals surface area contributed by atoms with E-state index in [4.69, 9.17) is 10.3 Å². The zero-order valence-corrected chi connectivity index (χ0v) is 28.4. The number of rotatable bonds is 24. The van der Waals surface area contributed by atoms with Gasteiger partial charge < -0.3 is 20.9 Å². The third-order valence-corrected chi connectivity index (χ3v) is 10.3. The van der Waals surface area contributed by atoms with E-state index in [2.05, 4.69) is 17.6 Å². The van der Waals surface area contributed by atoms with Gasteiger partial charge in [-0.05, 0) is 44.5 Å². The van der Waals surface area contributed by atoms with Crippen LogP contribution in [0, 0.1) is 0 Å². The van der Waals surface area contributed by atoms with Crippen molar-refractivity contribution in [1.29, 1.82) is 0 Å². The lowest BCUT2D eigenvalue weighted by Gasteiger charge is -2.30. The summed E-state index contributed by atoms with van der Waals surface area (Å²) in [7, 11) is -3.39. The highest BCUT2D eigenvalue weighted by Crippen LogP contribution is 2.45. The zero-order valence-electron chi connectivity index (χ0n) is 27.5. The minimum absolute atomic E-state index is 0.00214. The van der Waals surface area contributed by atoms with E-state index in [0.29, 0.717) is 17.2 Å². The van der Waals surface area contributed by atoms with Crippen molar-refractivity contribution >= 4 is 29.8 Å².